The normalized spacial score (nSPS) is 12.0. The first-order valence-corrected chi connectivity index (χ1v) is 18.1. The van der Waals surface area contributed by atoms with Crippen molar-refractivity contribution in [1.82, 2.24) is 0 Å². The Morgan fingerprint density at radius 3 is 2.16 bits per heavy atom. The predicted octanol–water partition coefficient (Wildman–Crippen LogP) is 9.53. The molecule has 0 fully saturated rings. The van der Waals surface area contributed by atoms with Crippen LogP contribution in [0.25, 0.3) is 16.8 Å². The van der Waals surface area contributed by atoms with Gasteiger partial charge >= 0.3 is 0 Å². The number of aryl methyl sites for hydroxylation is 1. The van der Waals surface area contributed by atoms with Crippen LogP contribution in [0.2, 0.25) is 5.02 Å². The lowest BCUT2D eigenvalue weighted by atomic mass is 9.93. The SMILES string of the molecule is CBr.CC/C(C)=C(\N)c1cccc(C)c1.CCC(C)c1cc(Cl)ccc1C(=O)Nc1ccc(-c2ccccc2S(N)(=O)=O)cc1. The van der Waals surface area contributed by atoms with E-state index in [1.165, 1.54) is 17.2 Å². The molecular formula is C36H43BrClN3O3S. The fourth-order valence-electron chi connectivity index (χ4n) is 4.50. The molecule has 9 heteroatoms. The van der Waals surface area contributed by atoms with Gasteiger partial charge in [0, 0.05) is 27.5 Å². The third-order valence-corrected chi connectivity index (χ3v) is 8.57. The molecule has 0 spiro atoms. The molecule has 0 aliphatic rings. The van der Waals surface area contributed by atoms with E-state index in [-0.39, 0.29) is 16.7 Å². The molecule has 4 rings (SSSR count). The Hall–Kier alpha value is -3.43. The molecule has 0 aliphatic heterocycles. The molecule has 1 amide bonds. The molecule has 0 saturated carbocycles. The summed E-state index contributed by atoms with van der Waals surface area (Å²) in [7, 11) is -3.85. The number of allylic oxidation sites excluding steroid dienone is 1. The average molecular weight is 713 g/mol. The first-order chi connectivity index (χ1) is 21.3. The molecule has 240 valence electrons. The van der Waals surface area contributed by atoms with Crippen molar-refractivity contribution >= 4 is 54.8 Å². The van der Waals surface area contributed by atoms with E-state index in [1.54, 1.807) is 54.6 Å². The topological polar surface area (TPSA) is 115 Å². The van der Waals surface area contributed by atoms with Crippen molar-refractivity contribution in [3.05, 3.63) is 124 Å². The Bertz CT molecular complexity index is 1720. The Balaban J connectivity index is 0.000000393. The van der Waals surface area contributed by atoms with Crippen LogP contribution in [0.3, 0.4) is 0 Å². The molecule has 45 heavy (non-hydrogen) atoms. The molecule has 0 aliphatic carbocycles. The Kier molecular flexibility index (Phi) is 15.0. The molecular weight excluding hydrogens is 670 g/mol. The van der Waals surface area contributed by atoms with Gasteiger partial charge in [0.05, 0.1) is 4.90 Å². The maximum absolute atomic E-state index is 12.9. The average Bonchev–Trinajstić information content (AvgIpc) is 3.04. The van der Waals surface area contributed by atoms with Crippen LogP contribution >= 0.6 is 27.5 Å². The van der Waals surface area contributed by atoms with Gasteiger partial charge in [0.2, 0.25) is 10.0 Å². The van der Waals surface area contributed by atoms with Gasteiger partial charge in [-0.05, 0) is 97.6 Å². The Morgan fingerprint density at radius 1 is 0.933 bits per heavy atom. The first-order valence-electron chi connectivity index (χ1n) is 14.6. The van der Waals surface area contributed by atoms with Gasteiger partial charge in [-0.1, -0.05) is 108 Å². The standard InChI is InChI=1S/C23H23ClN2O3S.C12H17N.CH3Br/c1-3-15(2)21-14-17(24)10-13-20(21)23(27)26-18-11-8-16(9-12-18)19-6-4-5-7-22(19)30(25,28)29;1-4-10(3)12(13)11-7-5-6-9(2)8-11;1-2/h4-15H,3H2,1-2H3,(H,26,27)(H2,25,28,29);5-8H,4,13H2,1-3H3;1H3/b;12-10-;. The Morgan fingerprint density at radius 2 is 1.58 bits per heavy atom. The van der Waals surface area contributed by atoms with E-state index < -0.39 is 10.0 Å². The van der Waals surface area contributed by atoms with Gasteiger partial charge in [-0.3, -0.25) is 4.79 Å². The van der Waals surface area contributed by atoms with E-state index in [9.17, 15) is 13.2 Å². The summed E-state index contributed by atoms with van der Waals surface area (Å²) in [4.78, 5) is 12.9. The summed E-state index contributed by atoms with van der Waals surface area (Å²) in [6.45, 7) is 10.4. The number of hydrogen-bond acceptors (Lipinski definition) is 4. The molecule has 0 heterocycles. The number of anilines is 1. The number of rotatable bonds is 8. The third-order valence-electron chi connectivity index (χ3n) is 7.37. The highest BCUT2D eigenvalue weighted by atomic mass is 79.9. The third kappa shape index (κ3) is 10.9. The van der Waals surface area contributed by atoms with Crippen LogP contribution in [0.15, 0.2) is 101 Å². The largest absolute Gasteiger partial charge is 0.398 e. The van der Waals surface area contributed by atoms with E-state index in [0.29, 0.717) is 27.4 Å². The Labute approximate surface area is 282 Å². The monoisotopic (exact) mass is 711 g/mol. The highest BCUT2D eigenvalue weighted by Crippen LogP contribution is 2.29. The van der Waals surface area contributed by atoms with Crippen LogP contribution in [0.4, 0.5) is 5.69 Å². The van der Waals surface area contributed by atoms with Crippen LogP contribution in [0.5, 0.6) is 0 Å². The zero-order valence-electron chi connectivity index (χ0n) is 26.7. The van der Waals surface area contributed by atoms with Gasteiger partial charge in [0.15, 0.2) is 0 Å². The second kappa shape index (κ2) is 17.9. The van der Waals surface area contributed by atoms with Crippen LogP contribution in [0, 0.1) is 6.92 Å². The van der Waals surface area contributed by atoms with Crippen molar-refractivity contribution in [1.29, 1.82) is 0 Å². The molecule has 0 bridgehead atoms. The summed E-state index contributed by atoms with van der Waals surface area (Å²) in [5, 5.41) is 8.81. The lowest BCUT2D eigenvalue weighted by Crippen LogP contribution is -2.15. The highest BCUT2D eigenvalue weighted by Gasteiger charge is 2.17. The van der Waals surface area contributed by atoms with E-state index in [2.05, 4.69) is 74.1 Å². The summed E-state index contributed by atoms with van der Waals surface area (Å²) in [5.74, 6) is 1.79. The van der Waals surface area contributed by atoms with Crippen molar-refractivity contribution in [3.63, 3.8) is 0 Å². The van der Waals surface area contributed by atoms with Gasteiger partial charge in [0.1, 0.15) is 0 Å². The number of carbonyl (C=O) groups excluding carboxylic acids is 1. The number of benzene rings is 4. The maximum atomic E-state index is 12.9. The van der Waals surface area contributed by atoms with Crippen LogP contribution in [-0.2, 0) is 10.0 Å². The first kappa shape index (κ1) is 37.8. The zero-order valence-corrected chi connectivity index (χ0v) is 29.9. The van der Waals surface area contributed by atoms with E-state index in [0.717, 1.165) is 29.7 Å². The molecule has 6 nitrogen and oxygen atoms in total. The van der Waals surface area contributed by atoms with Crippen LogP contribution < -0.4 is 16.2 Å². The molecule has 0 aromatic heterocycles. The van der Waals surface area contributed by atoms with Crippen LogP contribution in [-0.4, -0.2) is 20.2 Å². The number of alkyl halides is 1. The van der Waals surface area contributed by atoms with Gasteiger partial charge in [-0.25, -0.2) is 13.6 Å². The molecule has 0 saturated heterocycles. The molecule has 1 unspecified atom stereocenters. The van der Waals surface area contributed by atoms with Crippen molar-refractivity contribution in [2.24, 2.45) is 10.9 Å². The maximum Gasteiger partial charge on any atom is 0.255 e. The summed E-state index contributed by atoms with van der Waals surface area (Å²) in [6.07, 6.45) is 1.90. The number of nitrogens with one attached hydrogen (secondary N) is 1. The number of sulfonamides is 1. The zero-order chi connectivity index (χ0) is 33.7. The minimum atomic E-state index is -3.85. The fourth-order valence-corrected chi connectivity index (χ4v) is 5.44. The number of carbonyl (C=O) groups is 1. The number of hydrogen-bond donors (Lipinski definition) is 3. The quantitative estimate of drug-likeness (QED) is 0.158. The number of nitrogens with two attached hydrogens (primary N) is 2. The fraction of sp³-hybridized carbons (Fsp3) is 0.250. The molecule has 1 atom stereocenters. The van der Waals surface area contributed by atoms with Gasteiger partial charge in [-0.2, -0.15) is 0 Å². The van der Waals surface area contributed by atoms with Gasteiger partial charge < -0.3 is 11.1 Å². The molecule has 0 radical (unpaired) electrons. The summed E-state index contributed by atoms with van der Waals surface area (Å²) in [6, 6.07) is 27.1. The lowest BCUT2D eigenvalue weighted by molar-refractivity contribution is 0.102. The van der Waals surface area contributed by atoms with Crippen molar-refractivity contribution < 1.29 is 13.2 Å². The predicted molar refractivity (Wildman–Crippen MR) is 194 cm³/mol. The summed E-state index contributed by atoms with van der Waals surface area (Å²) < 4.78 is 23.7. The van der Waals surface area contributed by atoms with Crippen LogP contribution in [0.1, 0.15) is 73.5 Å². The van der Waals surface area contributed by atoms with Gasteiger partial charge in [-0.15, -0.1) is 0 Å². The molecule has 4 aromatic rings. The van der Waals surface area contributed by atoms with E-state index in [4.69, 9.17) is 22.5 Å². The van der Waals surface area contributed by atoms with Gasteiger partial charge in [0.25, 0.3) is 5.91 Å². The molecule has 4 aromatic carbocycles. The van der Waals surface area contributed by atoms with Crippen molar-refractivity contribution in [2.45, 2.75) is 58.3 Å². The number of primary sulfonamides is 1. The highest BCUT2D eigenvalue weighted by molar-refractivity contribution is 9.08. The minimum absolute atomic E-state index is 0.0566. The smallest absolute Gasteiger partial charge is 0.255 e. The van der Waals surface area contributed by atoms with E-state index >= 15 is 0 Å². The summed E-state index contributed by atoms with van der Waals surface area (Å²) in [5.41, 5.74) is 13.8. The second-order valence-electron chi connectivity index (χ2n) is 10.5. The number of halogens is 2. The lowest BCUT2D eigenvalue weighted by Gasteiger charge is -2.15. The van der Waals surface area contributed by atoms with E-state index in [1.807, 2.05) is 18.0 Å². The summed E-state index contributed by atoms with van der Waals surface area (Å²) >= 11 is 9.06. The van der Waals surface area contributed by atoms with Crippen molar-refractivity contribution in [3.8, 4) is 11.1 Å². The second-order valence-corrected chi connectivity index (χ2v) is 12.5. The van der Waals surface area contributed by atoms with Crippen molar-refractivity contribution in [2.75, 3.05) is 11.1 Å². The minimum Gasteiger partial charge on any atom is -0.398 e. The molecule has 5 N–H and O–H groups in total. The number of amides is 1.